The molecule has 1 fully saturated rings. The van der Waals surface area contributed by atoms with Crippen molar-refractivity contribution in [3.63, 3.8) is 0 Å². The molecule has 0 radical (unpaired) electrons. The summed E-state index contributed by atoms with van der Waals surface area (Å²) in [7, 11) is -2.16. The molecule has 0 unspecified atom stereocenters. The molecule has 4 rings (SSSR count). The van der Waals surface area contributed by atoms with Crippen LogP contribution in [0.3, 0.4) is 0 Å². The molecule has 0 amide bonds. The molecule has 158 valence electrons. The number of thiazole rings is 1. The zero-order valence-electron chi connectivity index (χ0n) is 16.1. The van der Waals surface area contributed by atoms with E-state index in [1.807, 2.05) is 29.6 Å². The lowest BCUT2D eigenvalue weighted by Gasteiger charge is -2.33. The minimum Gasteiger partial charge on any atom is -0.497 e. The summed E-state index contributed by atoms with van der Waals surface area (Å²) in [5.41, 5.74) is 1.86. The number of piperazine rings is 1. The molecule has 0 spiro atoms. The van der Waals surface area contributed by atoms with Gasteiger partial charge < -0.3 is 9.64 Å². The Morgan fingerprint density at radius 2 is 1.80 bits per heavy atom. The summed E-state index contributed by atoms with van der Waals surface area (Å²) in [4.78, 5) is 6.69. The maximum Gasteiger partial charge on any atom is 0.244 e. The fraction of sp³-hybridized carbons (Fsp3) is 0.250. The van der Waals surface area contributed by atoms with Crippen molar-refractivity contribution in [1.82, 2.24) is 9.29 Å². The molecule has 1 aliphatic heterocycles. The maximum absolute atomic E-state index is 13.3. The van der Waals surface area contributed by atoms with Gasteiger partial charge in [-0.25, -0.2) is 17.8 Å². The summed E-state index contributed by atoms with van der Waals surface area (Å²) < 4.78 is 45.6. The monoisotopic (exact) mass is 467 g/mol. The minimum absolute atomic E-state index is 0.0740. The van der Waals surface area contributed by atoms with Gasteiger partial charge in [-0.3, -0.25) is 0 Å². The average Bonchev–Trinajstić information content (AvgIpc) is 3.24. The average molecular weight is 468 g/mol. The molecule has 1 saturated heterocycles. The Morgan fingerprint density at radius 1 is 1.10 bits per heavy atom. The Kier molecular flexibility index (Phi) is 5.97. The standard InChI is InChI=1S/C20H19ClFN3O3S2/c1-28-16-5-2-14(3-6-16)18-13-29-20(23-18)24-8-10-25(11-9-24)30(26,27)19-7-4-15(22)12-17(19)21/h2-7,12-13H,8-11H2,1H3. The maximum atomic E-state index is 13.3. The van der Waals surface area contributed by atoms with Crippen LogP contribution in [0.5, 0.6) is 5.75 Å². The highest BCUT2D eigenvalue weighted by Gasteiger charge is 2.31. The molecule has 2 heterocycles. The Hall–Kier alpha value is -2.20. The Labute approximate surface area is 183 Å². The van der Waals surface area contributed by atoms with Crippen molar-refractivity contribution in [1.29, 1.82) is 0 Å². The van der Waals surface area contributed by atoms with E-state index in [1.54, 1.807) is 7.11 Å². The second kappa shape index (κ2) is 8.50. The third kappa shape index (κ3) is 4.15. The zero-order chi connectivity index (χ0) is 21.3. The van der Waals surface area contributed by atoms with Gasteiger partial charge in [-0.1, -0.05) is 11.6 Å². The number of aromatic nitrogens is 1. The van der Waals surface area contributed by atoms with Crippen LogP contribution in [-0.4, -0.2) is 51.0 Å². The van der Waals surface area contributed by atoms with E-state index in [4.69, 9.17) is 21.3 Å². The highest BCUT2D eigenvalue weighted by Crippen LogP contribution is 2.31. The van der Waals surface area contributed by atoms with Crippen molar-refractivity contribution in [2.75, 3.05) is 38.2 Å². The first-order valence-corrected chi connectivity index (χ1v) is 11.9. The van der Waals surface area contributed by atoms with E-state index in [-0.39, 0.29) is 9.92 Å². The van der Waals surface area contributed by atoms with Gasteiger partial charge in [-0.2, -0.15) is 4.31 Å². The van der Waals surface area contributed by atoms with Crippen LogP contribution in [-0.2, 0) is 10.0 Å². The molecule has 0 atom stereocenters. The van der Waals surface area contributed by atoms with Gasteiger partial charge in [0.05, 0.1) is 17.8 Å². The van der Waals surface area contributed by atoms with Crippen LogP contribution < -0.4 is 9.64 Å². The van der Waals surface area contributed by atoms with E-state index in [0.717, 1.165) is 34.3 Å². The van der Waals surface area contributed by atoms with Gasteiger partial charge in [-0.05, 0) is 42.5 Å². The van der Waals surface area contributed by atoms with Crippen LogP contribution in [0.4, 0.5) is 9.52 Å². The van der Waals surface area contributed by atoms with Crippen molar-refractivity contribution in [2.24, 2.45) is 0 Å². The van der Waals surface area contributed by atoms with Crippen molar-refractivity contribution >= 4 is 38.1 Å². The fourth-order valence-electron chi connectivity index (χ4n) is 3.25. The number of halogens is 2. The number of sulfonamides is 1. The van der Waals surface area contributed by atoms with Crippen LogP contribution in [0, 0.1) is 5.82 Å². The summed E-state index contributed by atoms with van der Waals surface area (Å²) in [6.45, 7) is 1.61. The molecular weight excluding hydrogens is 449 g/mol. The molecule has 0 bridgehead atoms. The molecule has 0 saturated carbocycles. The van der Waals surface area contributed by atoms with Crippen LogP contribution in [0.25, 0.3) is 11.3 Å². The van der Waals surface area contributed by atoms with Crippen molar-refractivity contribution in [3.8, 4) is 17.0 Å². The molecule has 1 aliphatic rings. The number of rotatable bonds is 5. The van der Waals surface area contributed by atoms with E-state index in [0.29, 0.717) is 26.2 Å². The molecule has 3 aromatic rings. The summed E-state index contributed by atoms with van der Waals surface area (Å²) in [5, 5.41) is 2.72. The summed E-state index contributed by atoms with van der Waals surface area (Å²) >= 11 is 7.49. The number of anilines is 1. The van der Waals surface area contributed by atoms with Gasteiger partial charge in [0, 0.05) is 37.1 Å². The van der Waals surface area contributed by atoms with Crippen molar-refractivity contribution in [3.05, 3.63) is 58.7 Å². The van der Waals surface area contributed by atoms with Crippen LogP contribution in [0.2, 0.25) is 5.02 Å². The quantitative estimate of drug-likeness (QED) is 0.564. The van der Waals surface area contributed by atoms with E-state index < -0.39 is 15.8 Å². The van der Waals surface area contributed by atoms with E-state index in [1.165, 1.54) is 21.7 Å². The highest BCUT2D eigenvalue weighted by atomic mass is 35.5. The van der Waals surface area contributed by atoms with Gasteiger partial charge in [0.2, 0.25) is 10.0 Å². The van der Waals surface area contributed by atoms with Gasteiger partial charge >= 0.3 is 0 Å². The molecule has 10 heteroatoms. The van der Waals surface area contributed by atoms with E-state index in [2.05, 4.69) is 4.90 Å². The normalized spacial score (nSPS) is 15.4. The third-order valence-corrected chi connectivity index (χ3v) is 8.18. The third-order valence-electron chi connectivity index (χ3n) is 4.90. The number of hydrogen-bond acceptors (Lipinski definition) is 6. The van der Waals surface area contributed by atoms with Crippen LogP contribution in [0.15, 0.2) is 52.7 Å². The molecule has 0 N–H and O–H groups in total. The Balaban J connectivity index is 1.45. The first kappa shape index (κ1) is 21.0. The smallest absolute Gasteiger partial charge is 0.244 e. The van der Waals surface area contributed by atoms with Crippen molar-refractivity contribution in [2.45, 2.75) is 4.90 Å². The van der Waals surface area contributed by atoms with E-state index >= 15 is 0 Å². The predicted molar refractivity (Wildman–Crippen MR) is 116 cm³/mol. The predicted octanol–water partition coefficient (Wildman–Crippen LogP) is 4.12. The lowest BCUT2D eigenvalue weighted by molar-refractivity contribution is 0.384. The first-order chi connectivity index (χ1) is 14.4. The summed E-state index contributed by atoms with van der Waals surface area (Å²) in [6.07, 6.45) is 0. The molecule has 30 heavy (non-hydrogen) atoms. The van der Waals surface area contributed by atoms with Gasteiger partial charge in [0.15, 0.2) is 5.13 Å². The number of hydrogen-bond donors (Lipinski definition) is 0. The molecule has 6 nitrogen and oxygen atoms in total. The van der Waals surface area contributed by atoms with Gasteiger partial charge in [0.25, 0.3) is 0 Å². The molecular formula is C20H19ClFN3O3S2. The zero-order valence-corrected chi connectivity index (χ0v) is 18.5. The van der Waals surface area contributed by atoms with E-state index in [9.17, 15) is 12.8 Å². The fourth-order valence-corrected chi connectivity index (χ4v) is 6.06. The van der Waals surface area contributed by atoms with Crippen LogP contribution in [0.1, 0.15) is 0 Å². The SMILES string of the molecule is COc1ccc(-c2csc(N3CCN(S(=O)(=O)c4ccc(F)cc4Cl)CC3)n2)cc1. The molecule has 2 aromatic carbocycles. The summed E-state index contributed by atoms with van der Waals surface area (Å²) in [5.74, 6) is 0.216. The number of methoxy groups -OCH3 is 1. The van der Waals surface area contributed by atoms with Gasteiger partial charge in [0.1, 0.15) is 16.5 Å². The lowest BCUT2D eigenvalue weighted by atomic mass is 10.2. The molecule has 1 aromatic heterocycles. The summed E-state index contributed by atoms with van der Waals surface area (Å²) in [6, 6.07) is 11.0. The van der Waals surface area contributed by atoms with Gasteiger partial charge in [-0.15, -0.1) is 11.3 Å². The number of nitrogens with zero attached hydrogens (tertiary/aromatic N) is 3. The first-order valence-electron chi connectivity index (χ1n) is 9.18. The lowest BCUT2D eigenvalue weighted by Crippen LogP contribution is -2.48. The highest BCUT2D eigenvalue weighted by molar-refractivity contribution is 7.89. The topological polar surface area (TPSA) is 62.7 Å². The second-order valence-electron chi connectivity index (χ2n) is 6.71. The number of ether oxygens (including phenoxy) is 1. The Bertz CT molecular complexity index is 1140. The molecule has 0 aliphatic carbocycles. The number of benzene rings is 2. The second-order valence-corrected chi connectivity index (χ2v) is 9.86. The van der Waals surface area contributed by atoms with Crippen LogP contribution >= 0.6 is 22.9 Å². The largest absolute Gasteiger partial charge is 0.497 e. The van der Waals surface area contributed by atoms with Crippen molar-refractivity contribution < 1.29 is 17.5 Å². The minimum atomic E-state index is -3.78. The Morgan fingerprint density at radius 3 is 2.43 bits per heavy atom.